The summed E-state index contributed by atoms with van der Waals surface area (Å²) in [7, 11) is 1.67. The van der Waals surface area contributed by atoms with Gasteiger partial charge < -0.3 is 15.7 Å². The second-order valence-corrected chi connectivity index (χ2v) is 4.21. The Bertz CT molecular complexity index is 354. The molecule has 1 amide bonds. The van der Waals surface area contributed by atoms with Crippen LogP contribution in [-0.2, 0) is 4.79 Å². The highest BCUT2D eigenvalue weighted by Gasteiger charge is 2.24. The van der Waals surface area contributed by atoms with E-state index in [9.17, 15) is 4.79 Å². The first-order valence-electron chi connectivity index (χ1n) is 5.74. The molecule has 0 spiro atoms. The highest BCUT2D eigenvalue weighted by Crippen LogP contribution is 2.20. The van der Waals surface area contributed by atoms with Crippen LogP contribution in [0.5, 0.6) is 0 Å². The minimum atomic E-state index is -0.315. The Morgan fingerprint density at radius 2 is 2.00 bits per heavy atom. The van der Waals surface area contributed by atoms with Crippen LogP contribution >= 0.6 is 0 Å². The van der Waals surface area contributed by atoms with Crippen LogP contribution in [0.4, 0.5) is 0 Å². The maximum atomic E-state index is 12.0. The molecule has 17 heavy (non-hydrogen) atoms. The maximum absolute atomic E-state index is 12.0. The number of aliphatic hydroxyl groups excluding tert-OH is 1. The summed E-state index contributed by atoms with van der Waals surface area (Å²) < 4.78 is 0. The van der Waals surface area contributed by atoms with Crippen molar-refractivity contribution < 1.29 is 9.90 Å². The molecule has 0 saturated heterocycles. The zero-order valence-corrected chi connectivity index (χ0v) is 10.3. The third kappa shape index (κ3) is 3.54. The van der Waals surface area contributed by atoms with Crippen LogP contribution in [-0.4, -0.2) is 36.1 Å². The van der Waals surface area contributed by atoms with Crippen LogP contribution in [0.15, 0.2) is 30.3 Å². The Kier molecular flexibility index (Phi) is 5.12. The van der Waals surface area contributed by atoms with Crippen molar-refractivity contribution in [3.8, 4) is 0 Å². The standard InChI is InChI=1S/C13H20N2O2/c1-10(13(17)15(2)8-9-16)12(14)11-6-4-3-5-7-11/h3-7,10,12,16H,8-9,14H2,1-2H3. The Labute approximate surface area is 102 Å². The molecule has 1 rings (SSSR count). The van der Waals surface area contributed by atoms with Gasteiger partial charge in [-0.2, -0.15) is 0 Å². The molecule has 4 heteroatoms. The fourth-order valence-corrected chi connectivity index (χ4v) is 1.73. The molecule has 0 fully saturated rings. The van der Waals surface area contributed by atoms with Crippen molar-refractivity contribution in [2.45, 2.75) is 13.0 Å². The number of carbonyl (C=O) groups excluding carboxylic acids is 1. The van der Waals surface area contributed by atoms with Crippen LogP contribution in [0.2, 0.25) is 0 Å². The summed E-state index contributed by atoms with van der Waals surface area (Å²) >= 11 is 0. The second-order valence-electron chi connectivity index (χ2n) is 4.21. The van der Waals surface area contributed by atoms with Gasteiger partial charge in [0.05, 0.1) is 12.5 Å². The van der Waals surface area contributed by atoms with Gasteiger partial charge in [-0.05, 0) is 5.56 Å². The lowest BCUT2D eigenvalue weighted by molar-refractivity contribution is -0.134. The van der Waals surface area contributed by atoms with Crippen molar-refractivity contribution in [2.75, 3.05) is 20.2 Å². The van der Waals surface area contributed by atoms with Crippen molar-refractivity contribution in [3.05, 3.63) is 35.9 Å². The normalized spacial score (nSPS) is 14.1. The summed E-state index contributed by atoms with van der Waals surface area (Å²) in [5.74, 6) is -0.343. The number of nitrogens with two attached hydrogens (primary N) is 1. The number of nitrogens with zero attached hydrogens (tertiary/aromatic N) is 1. The molecule has 2 unspecified atom stereocenters. The number of amides is 1. The Morgan fingerprint density at radius 3 is 2.53 bits per heavy atom. The monoisotopic (exact) mass is 236 g/mol. The lowest BCUT2D eigenvalue weighted by Gasteiger charge is -2.25. The molecule has 0 aliphatic rings. The second kappa shape index (κ2) is 6.37. The molecule has 0 radical (unpaired) electrons. The van der Waals surface area contributed by atoms with E-state index in [1.807, 2.05) is 37.3 Å². The van der Waals surface area contributed by atoms with Gasteiger partial charge in [0, 0.05) is 19.6 Å². The SMILES string of the molecule is CC(C(=O)N(C)CCO)C(N)c1ccccc1. The van der Waals surface area contributed by atoms with Gasteiger partial charge in [0.2, 0.25) is 5.91 Å². The predicted octanol–water partition coefficient (Wildman–Crippen LogP) is 0.773. The minimum Gasteiger partial charge on any atom is -0.395 e. The van der Waals surface area contributed by atoms with Crippen molar-refractivity contribution in [3.63, 3.8) is 0 Å². The molecule has 0 aliphatic carbocycles. The molecule has 94 valence electrons. The average molecular weight is 236 g/mol. The van der Waals surface area contributed by atoms with E-state index in [0.29, 0.717) is 6.54 Å². The summed E-state index contributed by atoms with van der Waals surface area (Å²) in [6.07, 6.45) is 0. The van der Waals surface area contributed by atoms with Crippen LogP contribution < -0.4 is 5.73 Å². The number of aliphatic hydroxyl groups is 1. The van der Waals surface area contributed by atoms with Crippen LogP contribution in [0.1, 0.15) is 18.5 Å². The Hall–Kier alpha value is -1.39. The maximum Gasteiger partial charge on any atom is 0.227 e. The van der Waals surface area contributed by atoms with Gasteiger partial charge in [-0.1, -0.05) is 37.3 Å². The molecule has 1 aromatic carbocycles. The van der Waals surface area contributed by atoms with E-state index in [0.717, 1.165) is 5.56 Å². The smallest absolute Gasteiger partial charge is 0.227 e. The lowest BCUT2D eigenvalue weighted by atomic mass is 9.94. The van der Waals surface area contributed by atoms with Gasteiger partial charge in [-0.25, -0.2) is 0 Å². The van der Waals surface area contributed by atoms with E-state index in [4.69, 9.17) is 10.8 Å². The van der Waals surface area contributed by atoms with Crippen molar-refractivity contribution in [2.24, 2.45) is 11.7 Å². The summed E-state index contributed by atoms with van der Waals surface area (Å²) in [6, 6.07) is 9.25. The first-order chi connectivity index (χ1) is 8.07. The molecule has 4 nitrogen and oxygen atoms in total. The van der Waals surface area contributed by atoms with Gasteiger partial charge in [0.15, 0.2) is 0 Å². The highest BCUT2D eigenvalue weighted by atomic mass is 16.3. The van der Waals surface area contributed by atoms with Crippen LogP contribution in [0.3, 0.4) is 0 Å². The van der Waals surface area contributed by atoms with E-state index in [2.05, 4.69) is 0 Å². The predicted molar refractivity (Wildman–Crippen MR) is 67.3 cm³/mol. The van der Waals surface area contributed by atoms with E-state index in [1.54, 1.807) is 7.05 Å². The topological polar surface area (TPSA) is 66.6 Å². The zero-order chi connectivity index (χ0) is 12.8. The van der Waals surface area contributed by atoms with Gasteiger partial charge in [-0.3, -0.25) is 4.79 Å². The fraction of sp³-hybridized carbons (Fsp3) is 0.462. The molecule has 3 N–H and O–H groups in total. The molecule has 0 saturated carbocycles. The molecule has 0 aliphatic heterocycles. The van der Waals surface area contributed by atoms with E-state index in [-0.39, 0.29) is 24.5 Å². The summed E-state index contributed by atoms with van der Waals surface area (Å²) in [6.45, 7) is 2.12. The number of likely N-dealkylation sites (N-methyl/N-ethyl adjacent to an activating group) is 1. The lowest BCUT2D eigenvalue weighted by Crippen LogP contribution is -2.38. The van der Waals surface area contributed by atoms with Crippen molar-refractivity contribution in [1.82, 2.24) is 4.90 Å². The van der Waals surface area contributed by atoms with Crippen molar-refractivity contribution in [1.29, 1.82) is 0 Å². The first-order valence-corrected chi connectivity index (χ1v) is 5.74. The molecule has 0 aromatic heterocycles. The van der Waals surface area contributed by atoms with Crippen LogP contribution in [0, 0.1) is 5.92 Å². The number of carbonyl (C=O) groups is 1. The average Bonchev–Trinajstić information content (AvgIpc) is 2.37. The largest absolute Gasteiger partial charge is 0.395 e. The van der Waals surface area contributed by atoms with E-state index < -0.39 is 0 Å². The minimum absolute atomic E-state index is 0.0322. The van der Waals surface area contributed by atoms with Crippen LogP contribution in [0.25, 0.3) is 0 Å². The number of hydrogen-bond donors (Lipinski definition) is 2. The number of hydrogen-bond acceptors (Lipinski definition) is 3. The van der Waals surface area contributed by atoms with Gasteiger partial charge >= 0.3 is 0 Å². The van der Waals surface area contributed by atoms with Gasteiger partial charge in [-0.15, -0.1) is 0 Å². The fourth-order valence-electron chi connectivity index (χ4n) is 1.73. The molecular weight excluding hydrogens is 216 g/mol. The highest BCUT2D eigenvalue weighted by molar-refractivity contribution is 5.79. The van der Waals surface area contributed by atoms with E-state index in [1.165, 1.54) is 4.90 Å². The third-order valence-corrected chi connectivity index (χ3v) is 2.92. The summed E-state index contributed by atoms with van der Waals surface area (Å²) in [4.78, 5) is 13.5. The molecule has 2 atom stereocenters. The zero-order valence-electron chi connectivity index (χ0n) is 10.3. The summed E-state index contributed by atoms with van der Waals surface area (Å²) in [5, 5.41) is 8.80. The molecule has 1 aromatic rings. The molecular formula is C13H20N2O2. The van der Waals surface area contributed by atoms with Crippen molar-refractivity contribution >= 4 is 5.91 Å². The third-order valence-electron chi connectivity index (χ3n) is 2.92. The summed E-state index contributed by atoms with van der Waals surface area (Å²) in [5.41, 5.74) is 7.01. The quantitative estimate of drug-likeness (QED) is 0.793. The molecule has 0 bridgehead atoms. The molecule has 0 heterocycles. The van der Waals surface area contributed by atoms with Gasteiger partial charge in [0.25, 0.3) is 0 Å². The van der Waals surface area contributed by atoms with Gasteiger partial charge in [0.1, 0.15) is 0 Å². The Morgan fingerprint density at radius 1 is 1.41 bits per heavy atom. The first kappa shape index (κ1) is 13.7. The number of benzene rings is 1. The van der Waals surface area contributed by atoms with E-state index >= 15 is 0 Å². The Balaban J connectivity index is 2.70. The number of rotatable bonds is 5.